The van der Waals surface area contributed by atoms with Crippen molar-refractivity contribution in [3.05, 3.63) is 23.8 Å². The minimum atomic E-state index is -0.123. The highest BCUT2D eigenvalue weighted by Crippen LogP contribution is 2.67. The van der Waals surface area contributed by atoms with Crippen LogP contribution in [0.5, 0.6) is 0 Å². The van der Waals surface area contributed by atoms with E-state index in [1.807, 2.05) is 0 Å². The molecule has 2 nitrogen and oxygen atoms in total. The van der Waals surface area contributed by atoms with Gasteiger partial charge >= 0.3 is 5.97 Å². The molecule has 0 aromatic carbocycles. The van der Waals surface area contributed by atoms with Crippen LogP contribution in [0.15, 0.2) is 23.8 Å². The molecule has 2 heteroatoms. The maximum atomic E-state index is 11.5. The number of carbonyl (C=O) groups is 1. The summed E-state index contributed by atoms with van der Waals surface area (Å²) < 4.78 is 5.60. The lowest BCUT2D eigenvalue weighted by atomic mass is 9.47. The van der Waals surface area contributed by atoms with Crippen LogP contribution in [0.2, 0.25) is 0 Å². The number of ether oxygens (including phenoxy) is 1. The second-order valence-corrected chi connectivity index (χ2v) is 12.4. The molecule has 174 valence electrons. The summed E-state index contributed by atoms with van der Waals surface area (Å²) in [6.07, 6.45) is 16.5. The van der Waals surface area contributed by atoms with Gasteiger partial charge in [-0.15, -0.1) is 0 Å². The SMILES string of the molecule is C=C(CCCC(C)C)C1CCC2C3CC=C4CC(OC(C)=O)CCC4(C)C3CCC12C. The Labute approximate surface area is 191 Å². The number of rotatable bonds is 6. The van der Waals surface area contributed by atoms with Crippen LogP contribution in [0.1, 0.15) is 105 Å². The summed E-state index contributed by atoms with van der Waals surface area (Å²) in [5.41, 5.74) is 3.95. The maximum absolute atomic E-state index is 11.5. The highest BCUT2D eigenvalue weighted by molar-refractivity contribution is 5.66. The van der Waals surface area contributed by atoms with E-state index in [-0.39, 0.29) is 12.1 Å². The molecular formula is C29H46O2. The van der Waals surface area contributed by atoms with Crippen molar-refractivity contribution in [1.29, 1.82) is 0 Å². The Bertz CT molecular complexity index is 733. The monoisotopic (exact) mass is 426 g/mol. The number of esters is 1. The average molecular weight is 427 g/mol. The van der Waals surface area contributed by atoms with Crippen LogP contribution >= 0.6 is 0 Å². The van der Waals surface area contributed by atoms with Gasteiger partial charge in [-0.3, -0.25) is 4.79 Å². The molecule has 0 N–H and O–H groups in total. The van der Waals surface area contributed by atoms with Crippen molar-refractivity contribution in [2.75, 3.05) is 0 Å². The Morgan fingerprint density at radius 3 is 2.65 bits per heavy atom. The van der Waals surface area contributed by atoms with E-state index >= 15 is 0 Å². The fourth-order valence-electron chi connectivity index (χ4n) is 8.55. The Kier molecular flexibility index (Phi) is 6.50. The van der Waals surface area contributed by atoms with E-state index in [9.17, 15) is 4.79 Å². The van der Waals surface area contributed by atoms with Crippen LogP contribution in [0.25, 0.3) is 0 Å². The van der Waals surface area contributed by atoms with E-state index in [0.29, 0.717) is 10.8 Å². The first-order valence-corrected chi connectivity index (χ1v) is 13.2. The van der Waals surface area contributed by atoms with Crippen molar-refractivity contribution in [3.8, 4) is 0 Å². The molecule has 3 saturated carbocycles. The van der Waals surface area contributed by atoms with E-state index in [2.05, 4.69) is 40.3 Å². The van der Waals surface area contributed by atoms with Gasteiger partial charge in [0.25, 0.3) is 0 Å². The van der Waals surface area contributed by atoms with Crippen LogP contribution in [-0.2, 0) is 9.53 Å². The summed E-state index contributed by atoms with van der Waals surface area (Å²) in [5, 5.41) is 0. The first-order chi connectivity index (χ1) is 14.6. The largest absolute Gasteiger partial charge is 0.462 e. The molecule has 4 aliphatic carbocycles. The zero-order chi connectivity index (χ0) is 22.4. The summed E-state index contributed by atoms with van der Waals surface area (Å²) in [6, 6.07) is 0. The minimum absolute atomic E-state index is 0.104. The van der Waals surface area contributed by atoms with Crippen LogP contribution < -0.4 is 0 Å². The predicted octanol–water partition coefficient (Wildman–Crippen LogP) is 7.88. The smallest absolute Gasteiger partial charge is 0.302 e. The normalized spacial score (nSPS) is 41.7. The van der Waals surface area contributed by atoms with E-state index in [1.54, 1.807) is 18.1 Å². The van der Waals surface area contributed by atoms with Gasteiger partial charge in [-0.2, -0.15) is 0 Å². The molecule has 0 amide bonds. The second kappa shape index (κ2) is 8.71. The van der Waals surface area contributed by atoms with Gasteiger partial charge < -0.3 is 4.74 Å². The van der Waals surface area contributed by atoms with Crippen LogP contribution in [-0.4, -0.2) is 12.1 Å². The van der Waals surface area contributed by atoms with Gasteiger partial charge in [-0.1, -0.05) is 57.9 Å². The van der Waals surface area contributed by atoms with Gasteiger partial charge in [0.1, 0.15) is 6.10 Å². The van der Waals surface area contributed by atoms with E-state index in [1.165, 1.54) is 57.8 Å². The average Bonchev–Trinajstić information content (AvgIpc) is 3.05. The summed E-state index contributed by atoms with van der Waals surface area (Å²) in [5.74, 6) is 3.93. The van der Waals surface area contributed by atoms with Crippen LogP contribution in [0.3, 0.4) is 0 Å². The van der Waals surface area contributed by atoms with Gasteiger partial charge in [0.05, 0.1) is 0 Å². The number of fused-ring (bicyclic) bond motifs is 5. The molecule has 0 aromatic rings. The van der Waals surface area contributed by atoms with Crippen molar-refractivity contribution >= 4 is 5.97 Å². The topological polar surface area (TPSA) is 26.3 Å². The summed E-state index contributed by atoms with van der Waals surface area (Å²) >= 11 is 0. The van der Waals surface area contributed by atoms with Crippen molar-refractivity contribution in [1.82, 2.24) is 0 Å². The quantitative estimate of drug-likeness (QED) is 0.319. The summed E-state index contributed by atoms with van der Waals surface area (Å²) in [6.45, 7) is 16.0. The molecule has 0 saturated heterocycles. The molecule has 0 heterocycles. The van der Waals surface area contributed by atoms with Crippen molar-refractivity contribution < 1.29 is 9.53 Å². The van der Waals surface area contributed by atoms with Crippen LogP contribution in [0.4, 0.5) is 0 Å². The van der Waals surface area contributed by atoms with E-state index < -0.39 is 0 Å². The standard InChI is InChI=1S/C29H46O2/c1-19(2)8-7-9-20(3)25-12-13-26-24-11-10-22-18-23(31-21(4)30)14-16-28(22,5)27(24)15-17-29(25,26)6/h10,19,23-27H,3,7-9,11-18H2,1-2,4-6H3. The van der Waals surface area contributed by atoms with Gasteiger partial charge in [0, 0.05) is 13.3 Å². The molecule has 7 atom stereocenters. The minimum Gasteiger partial charge on any atom is -0.462 e. The van der Waals surface area contributed by atoms with Gasteiger partial charge in [0.2, 0.25) is 0 Å². The predicted molar refractivity (Wildman–Crippen MR) is 129 cm³/mol. The lowest BCUT2D eigenvalue weighted by Crippen LogP contribution is -2.50. The zero-order valence-corrected chi connectivity index (χ0v) is 20.8. The molecule has 0 radical (unpaired) electrons. The summed E-state index contributed by atoms with van der Waals surface area (Å²) in [4.78, 5) is 11.5. The third kappa shape index (κ3) is 4.18. The fourth-order valence-corrected chi connectivity index (χ4v) is 8.55. The molecule has 4 aliphatic rings. The van der Waals surface area contributed by atoms with Gasteiger partial charge in [-0.25, -0.2) is 0 Å². The maximum Gasteiger partial charge on any atom is 0.302 e. The molecule has 0 aliphatic heterocycles. The third-order valence-corrected chi connectivity index (χ3v) is 10.2. The number of hydrogen-bond donors (Lipinski definition) is 0. The first-order valence-electron chi connectivity index (χ1n) is 13.2. The molecule has 0 bridgehead atoms. The van der Waals surface area contributed by atoms with E-state index in [4.69, 9.17) is 4.74 Å². The number of allylic oxidation sites excluding steroid dienone is 2. The molecule has 0 aromatic heterocycles. The van der Waals surface area contributed by atoms with Crippen molar-refractivity contribution in [2.24, 2.45) is 40.4 Å². The molecular weight excluding hydrogens is 380 g/mol. The Morgan fingerprint density at radius 1 is 1.16 bits per heavy atom. The van der Waals surface area contributed by atoms with Gasteiger partial charge in [0.15, 0.2) is 0 Å². The Morgan fingerprint density at radius 2 is 1.94 bits per heavy atom. The second-order valence-electron chi connectivity index (χ2n) is 12.4. The molecule has 3 fully saturated rings. The zero-order valence-electron chi connectivity index (χ0n) is 20.8. The van der Waals surface area contributed by atoms with Crippen molar-refractivity contribution in [2.45, 2.75) is 111 Å². The lowest BCUT2D eigenvalue weighted by molar-refractivity contribution is -0.148. The number of carbonyl (C=O) groups excluding carboxylic acids is 1. The van der Waals surface area contributed by atoms with Crippen LogP contribution in [0, 0.1) is 40.4 Å². The molecule has 4 rings (SSSR count). The molecule has 0 spiro atoms. The summed E-state index contributed by atoms with van der Waals surface area (Å²) in [7, 11) is 0. The molecule has 31 heavy (non-hydrogen) atoms. The highest BCUT2D eigenvalue weighted by Gasteiger charge is 2.58. The fraction of sp³-hybridized carbons (Fsp3) is 0.828. The van der Waals surface area contributed by atoms with Gasteiger partial charge in [-0.05, 0) is 98.2 Å². The third-order valence-electron chi connectivity index (χ3n) is 10.2. The Balaban J connectivity index is 1.47. The van der Waals surface area contributed by atoms with E-state index in [0.717, 1.165) is 42.4 Å². The lowest BCUT2D eigenvalue weighted by Gasteiger charge is -2.58. The Hall–Kier alpha value is -1.05. The first kappa shape index (κ1) is 23.1. The number of hydrogen-bond acceptors (Lipinski definition) is 2. The van der Waals surface area contributed by atoms with Crippen molar-refractivity contribution in [3.63, 3.8) is 0 Å². The highest BCUT2D eigenvalue weighted by atomic mass is 16.5. The molecule has 7 unspecified atom stereocenters.